The average molecular weight is 355 g/mol. The molecule has 0 radical (unpaired) electrons. The number of nitrogens with zero attached hydrogens (tertiary/aromatic N) is 5. The molecule has 26 heavy (non-hydrogen) atoms. The summed E-state index contributed by atoms with van der Waals surface area (Å²) >= 11 is 0. The van der Waals surface area contributed by atoms with Gasteiger partial charge in [-0.05, 0) is 18.6 Å². The van der Waals surface area contributed by atoms with Crippen molar-refractivity contribution in [1.82, 2.24) is 14.9 Å². The van der Waals surface area contributed by atoms with Crippen LogP contribution < -0.4 is 9.80 Å². The maximum absolute atomic E-state index is 11.8. The van der Waals surface area contributed by atoms with E-state index >= 15 is 0 Å². The molecule has 0 unspecified atom stereocenters. The Morgan fingerprint density at radius 2 is 1.88 bits per heavy atom. The first-order valence-corrected chi connectivity index (χ1v) is 8.92. The zero-order chi connectivity index (χ0) is 18.4. The topological polar surface area (TPSA) is 61.8 Å². The lowest BCUT2D eigenvalue weighted by Gasteiger charge is -2.34. The minimum absolute atomic E-state index is 0.238. The fraction of sp³-hybridized carbons (Fsp3) is 0.421. The standard InChI is InChI=1S/C19H25N5O2/c1-3-26-19(25)24-13-11-23(12-14-24)17-9-10-20-18(21-17)22(2)15-16-7-5-4-6-8-16/h4-10H,3,11-15H2,1-2H3. The minimum atomic E-state index is -0.238. The van der Waals surface area contributed by atoms with Crippen LogP contribution >= 0.6 is 0 Å². The molecule has 0 saturated carbocycles. The Bertz CT molecular complexity index is 717. The van der Waals surface area contributed by atoms with Crippen molar-refractivity contribution in [3.8, 4) is 0 Å². The van der Waals surface area contributed by atoms with E-state index in [1.807, 2.05) is 43.1 Å². The monoisotopic (exact) mass is 355 g/mol. The van der Waals surface area contributed by atoms with Gasteiger partial charge in [0.05, 0.1) is 6.61 Å². The van der Waals surface area contributed by atoms with Gasteiger partial charge in [0.15, 0.2) is 0 Å². The number of aromatic nitrogens is 2. The Kier molecular flexibility index (Phi) is 5.88. The van der Waals surface area contributed by atoms with E-state index in [9.17, 15) is 4.79 Å². The number of ether oxygens (including phenoxy) is 1. The van der Waals surface area contributed by atoms with E-state index in [1.165, 1.54) is 5.56 Å². The van der Waals surface area contributed by atoms with Crippen molar-refractivity contribution in [3.63, 3.8) is 0 Å². The molecular formula is C19H25N5O2. The van der Waals surface area contributed by atoms with Crippen LogP contribution in [0.15, 0.2) is 42.6 Å². The molecule has 0 aliphatic carbocycles. The number of carbonyl (C=O) groups is 1. The van der Waals surface area contributed by atoms with Gasteiger partial charge in [0.25, 0.3) is 0 Å². The molecule has 7 nitrogen and oxygen atoms in total. The van der Waals surface area contributed by atoms with Crippen LogP contribution in [0, 0.1) is 0 Å². The average Bonchev–Trinajstić information content (AvgIpc) is 2.69. The highest BCUT2D eigenvalue weighted by molar-refractivity contribution is 5.68. The second kappa shape index (κ2) is 8.51. The number of rotatable bonds is 5. The van der Waals surface area contributed by atoms with Gasteiger partial charge in [0.1, 0.15) is 5.82 Å². The number of carbonyl (C=O) groups excluding carboxylic acids is 1. The molecule has 3 rings (SSSR count). The molecule has 0 spiro atoms. The van der Waals surface area contributed by atoms with Gasteiger partial charge in [-0.2, -0.15) is 4.98 Å². The summed E-state index contributed by atoms with van der Waals surface area (Å²) in [4.78, 5) is 26.9. The number of benzene rings is 1. The van der Waals surface area contributed by atoms with E-state index in [-0.39, 0.29) is 6.09 Å². The molecule has 1 amide bonds. The van der Waals surface area contributed by atoms with Gasteiger partial charge in [-0.15, -0.1) is 0 Å². The van der Waals surface area contributed by atoms with Crippen LogP contribution in [0.25, 0.3) is 0 Å². The van der Waals surface area contributed by atoms with Crippen LogP contribution in [-0.4, -0.2) is 60.8 Å². The summed E-state index contributed by atoms with van der Waals surface area (Å²) in [6.07, 6.45) is 1.55. The van der Waals surface area contributed by atoms with Gasteiger partial charge < -0.3 is 19.4 Å². The predicted molar refractivity (Wildman–Crippen MR) is 101 cm³/mol. The summed E-state index contributed by atoms with van der Waals surface area (Å²) in [7, 11) is 1.99. The van der Waals surface area contributed by atoms with Crippen molar-refractivity contribution in [3.05, 3.63) is 48.2 Å². The molecule has 138 valence electrons. The van der Waals surface area contributed by atoms with Crippen molar-refractivity contribution >= 4 is 17.9 Å². The summed E-state index contributed by atoms with van der Waals surface area (Å²) in [5.41, 5.74) is 1.21. The highest BCUT2D eigenvalue weighted by Gasteiger charge is 2.23. The first-order chi connectivity index (χ1) is 12.7. The van der Waals surface area contributed by atoms with Gasteiger partial charge in [0, 0.05) is 46.0 Å². The van der Waals surface area contributed by atoms with E-state index in [2.05, 4.69) is 22.0 Å². The second-order valence-electron chi connectivity index (χ2n) is 6.23. The molecule has 1 aliphatic heterocycles. The van der Waals surface area contributed by atoms with Crippen LogP contribution in [0.3, 0.4) is 0 Å². The molecule has 1 fully saturated rings. The summed E-state index contributed by atoms with van der Waals surface area (Å²) in [5, 5.41) is 0. The van der Waals surface area contributed by atoms with Gasteiger partial charge in [-0.1, -0.05) is 30.3 Å². The van der Waals surface area contributed by atoms with Crippen molar-refractivity contribution in [2.75, 3.05) is 49.6 Å². The lowest BCUT2D eigenvalue weighted by Crippen LogP contribution is -2.49. The van der Waals surface area contributed by atoms with Crippen LogP contribution in [0.1, 0.15) is 12.5 Å². The molecule has 1 aromatic carbocycles. The molecule has 0 atom stereocenters. The van der Waals surface area contributed by atoms with E-state index in [4.69, 9.17) is 9.72 Å². The molecule has 0 N–H and O–H groups in total. The van der Waals surface area contributed by atoms with E-state index in [0.29, 0.717) is 25.6 Å². The van der Waals surface area contributed by atoms with Crippen LogP contribution in [0.4, 0.5) is 16.6 Å². The molecular weight excluding hydrogens is 330 g/mol. The summed E-state index contributed by atoms with van der Waals surface area (Å²) in [6, 6.07) is 12.2. The Balaban J connectivity index is 1.62. The SMILES string of the molecule is CCOC(=O)N1CCN(c2ccnc(N(C)Cc3ccccc3)n2)CC1. The van der Waals surface area contributed by atoms with Gasteiger partial charge in [-0.25, -0.2) is 9.78 Å². The zero-order valence-corrected chi connectivity index (χ0v) is 15.3. The summed E-state index contributed by atoms with van der Waals surface area (Å²) in [6.45, 7) is 5.72. The lowest BCUT2D eigenvalue weighted by molar-refractivity contribution is 0.105. The predicted octanol–water partition coefficient (Wildman–Crippen LogP) is 2.39. The highest BCUT2D eigenvalue weighted by Crippen LogP contribution is 2.18. The number of piperazine rings is 1. The van der Waals surface area contributed by atoms with E-state index < -0.39 is 0 Å². The van der Waals surface area contributed by atoms with E-state index in [1.54, 1.807) is 11.1 Å². The molecule has 1 aliphatic rings. The Morgan fingerprint density at radius 1 is 1.15 bits per heavy atom. The molecule has 1 saturated heterocycles. The number of hydrogen-bond donors (Lipinski definition) is 0. The first-order valence-electron chi connectivity index (χ1n) is 8.92. The maximum atomic E-state index is 11.8. The number of hydrogen-bond acceptors (Lipinski definition) is 6. The number of anilines is 2. The maximum Gasteiger partial charge on any atom is 0.409 e. The Labute approximate surface area is 154 Å². The third-order valence-corrected chi connectivity index (χ3v) is 4.36. The van der Waals surface area contributed by atoms with Gasteiger partial charge >= 0.3 is 6.09 Å². The molecule has 1 aromatic heterocycles. The molecule has 0 bridgehead atoms. The summed E-state index contributed by atoms with van der Waals surface area (Å²) in [5.74, 6) is 1.58. The smallest absolute Gasteiger partial charge is 0.409 e. The van der Waals surface area contributed by atoms with Crippen molar-refractivity contribution in [1.29, 1.82) is 0 Å². The fourth-order valence-corrected chi connectivity index (χ4v) is 2.96. The molecule has 7 heteroatoms. The third-order valence-electron chi connectivity index (χ3n) is 4.36. The van der Waals surface area contributed by atoms with Crippen molar-refractivity contribution in [2.24, 2.45) is 0 Å². The number of amides is 1. The molecule has 2 heterocycles. The lowest BCUT2D eigenvalue weighted by atomic mass is 10.2. The van der Waals surface area contributed by atoms with E-state index in [0.717, 1.165) is 25.5 Å². The van der Waals surface area contributed by atoms with Crippen molar-refractivity contribution in [2.45, 2.75) is 13.5 Å². The third kappa shape index (κ3) is 4.41. The Morgan fingerprint density at radius 3 is 2.58 bits per heavy atom. The summed E-state index contributed by atoms with van der Waals surface area (Å²) < 4.78 is 5.07. The largest absolute Gasteiger partial charge is 0.450 e. The van der Waals surface area contributed by atoms with Crippen LogP contribution in [0.5, 0.6) is 0 Å². The fourth-order valence-electron chi connectivity index (χ4n) is 2.96. The second-order valence-corrected chi connectivity index (χ2v) is 6.23. The van der Waals surface area contributed by atoms with Gasteiger partial charge in [-0.3, -0.25) is 0 Å². The van der Waals surface area contributed by atoms with Gasteiger partial charge in [0.2, 0.25) is 5.95 Å². The minimum Gasteiger partial charge on any atom is -0.450 e. The normalized spacial score (nSPS) is 14.2. The zero-order valence-electron chi connectivity index (χ0n) is 15.3. The highest BCUT2D eigenvalue weighted by atomic mass is 16.6. The first kappa shape index (κ1) is 18.0. The van der Waals surface area contributed by atoms with Crippen LogP contribution in [0.2, 0.25) is 0 Å². The van der Waals surface area contributed by atoms with Crippen LogP contribution in [-0.2, 0) is 11.3 Å². The molecule has 2 aromatic rings. The van der Waals surface area contributed by atoms with Crippen molar-refractivity contribution < 1.29 is 9.53 Å². The quantitative estimate of drug-likeness (QED) is 0.821. The Hall–Kier alpha value is -2.83.